The van der Waals surface area contributed by atoms with Crippen LogP contribution in [0, 0.1) is 5.92 Å². The molecule has 0 amide bonds. The quantitative estimate of drug-likeness (QED) is 0.910. The van der Waals surface area contributed by atoms with Crippen molar-refractivity contribution in [2.45, 2.75) is 31.7 Å². The van der Waals surface area contributed by atoms with Crippen LogP contribution in [0.4, 0.5) is 0 Å². The number of aromatic nitrogens is 1. The fraction of sp³-hybridized carbons (Fsp3) is 0.583. The van der Waals surface area contributed by atoms with Gasteiger partial charge in [0, 0.05) is 22.9 Å². The standard InChI is InChI=1S/C12H17BrN2/c1-14-12(9-4-2-3-5-9)10-6-11(13)8-15-7-10/h6-9,12,14H,2-5H2,1H3. The Morgan fingerprint density at radius 3 is 2.73 bits per heavy atom. The molecule has 1 heterocycles. The number of hydrogen-bond donors (Lipinski definition) is 1. The average molecular weight is 269 g/mol. The summed E-state index contributed by atoms with van der Waals surface area (Å²) < 4.78 is 1.07. The van der Waals surface area contributed by atoms with Gasteiger partial charge in [-0.2, -0.15) is 0 Å². The molecule has 15 heavy (non-hydrogen) atoms. The van der Waals surface area contributed by atoms with Crippen molar-refractivity contribution in [2.75, 3.05) is 7.05 Å². The van der Waals surface area contributed by atoms with Gasteiger partial charge in [0.15, 0.2) is 0 Å². The zero-order valence-corrected chi connectivity index (χ0v) is 10.6. The zero-order chi connectivity index (χ0) is 10.7. The molecule has 1 aliphatic carbocycles. The van der Waals surface area contributed by atoms with Gasteiger partial charge in [-0.25, -0.2) is 0 Å². The summed E-state index contributed by atoms with van der Waals surface area (Å²) in [5, 5.41) is 3.43. The van der Waals surface area contributed by atoms with Gasteiger partial charge in [0.1, 0.15) is 0 Å². The highest BCUT2D eigenvalue weighted by Gasteiger charge is 2.25. The first kappa shape index (κ1) is 11.1. The van der Waals surface area contributed by atoms with Gasteiger partial charge in [0.25, 0.3) is 0 Å². The van der Waals surface area contributed by atoms with Gasteiger partial charge in [0.2, 0.25) is 0 Å². The van der Waals surface area contributed by atoms with E-state index >= 15 is 0 Å². The Bertz CT molecular complexity index is 321. The van der Waals surface area contributed by atoms with Crippen LogP contribution in [-0.4, -0.2) is 12.0 Å². The molecule has 0 aromatic carbocycles. The van der Waals surface area contributed by atoms with E-state index in [1.165, 1.54) is 31.2 Å². The molecule has 1 atom stereocenters. The molecule has 0 spiro atoms. The van der Waals surface area contributed by atoms with Crippen molar-refractivity contribution in [3.63, 3.8) is 0 Å². The molecular weight excluding hydrogens is 252 g/mol. The maximum absolute atomic E-state index is 4.24. The number of nitrogens with one attached hydrogen (secondary N) is 1. The normalized spacial score (nSPS) is 19.3. The molecule has 1 N–H and O–H groups in total. The summed E-state index contributed by atoms with van der Waals surface area (Å²) in [6.45, 7) is 0. The Morgan fingerprint density at radius 1 is 1.40 bits per heavy atom. The van der Waals surface area contributed by atoms with Crippen LogP contribution in [0.3, 0.4) is 0 Å². The van der Waals surface area contributed by atoms with Gasteiger partial charge in [-0.1, -0.05) is 12.8 Å². The maximum Gasteiger partial charge on any atom is 0.0410 e. The summed E-state index contributed by atoms with van der Waals surface area (Å²) in [5.41, 5.74) is 1.30. The number of rotatable bonds is 3. The molecule has 1 fully saturated rings. The highest BCUT2D eigenvalue weighted by molar-refractivity contribution is 9.10. The van der Waals surface area contributed by atoms with Crippen LogP contribution in [0.1, 0.15) is 37.3 Å². The monoisotopic (exact) mass is 268 g/mol. The van der Waals surface area contributed by atoms with Gasteiger partial charge in [-0.15, -0.1) is 0 Å². The van der Waals surface area contributed by atoms with Crippen molar-refractivity contribution in [3.05, 3.63) is 28.5 Å². The number of hydrogen-bond acceptors (Lipinski definition) is 2. The molecule has 82 valence electrons. The molecule has 2 rings (SSSR count). The summed E-state index contributed by atoms with van der Waals surface area (Å²) in [6, 6.07) is 2.64. The van der Waals surface area contributed by atoms with Crippen molar-refractivity contribution in [1.82, 2.24) is 10.3 Å². The van der Waals surface area contributed by atoms with Crippen LogP contribution < -0.4 is 5.32 Å². The first-order valence-electron chi connectivity index (χ1n) is 5.59. The van der Waals surface area contributed by atoms with Gasteiger partial charge in [-0.3, -0.25) is 4.98 Å². The lowest BCUT2D eigenvalue weighted by molar-refractivity contribution is 0.389. The summed E-state index contributed by atoms with van der Waals surface area (Å²) in [6.07, 6.45) is 9.26. The second-order valence-electron chi connectivity index (χ2n) is 4.25. The van der Waals surface area contributed by atoms with E-state index in [1.807, 2.05) is 19.4 Å². The first-order chi connectivity index (χ1) is 7.31. The topological polar surface area (TPSA) is 24.9 Å². The predicted octanol–water partition coefficient (Wildman–Crippen LogP) is 3.29. The smallest absolute Gasteiger partial charge is 0.0410 e. The minimum absolute atomic E-state index is 0.470. The van der Waals surface area contributed by atoms with Gasteiger partial charge in [-0.05, 0) is 53.4 Å². The second-order valence-corrected chi connectivity index (χ2v) is 5.16. The Morgan fingerprint density at radius 2 is 2.13 bits per heavy atom. The molecule has 0 saturated heterocycles. The van der Waals surface area contributed by atoms with Crippen molar-refractivity contribution in [3.8, 4) is 0 Å². The van der Waals surface area contributed by atoms with E-state index in [0.29, 0.717) is 6.04 Å². The molecule has 3 heteroatoms. The molecule has 0 bridgehead atoms. The lowest BCUT2D eigenvalue weighted by Crippen LogP contribution is -2.23. The molecule has 1 unspecified atom stereocenters. The summed E-state index contributed by atoms with van der Waals surface area (Å²) in [7, 11) is 2.05. The second kappa shape index (κ2) is 5.08. The largest absolute Gasteiger partial charge is 0.313 e. The molecular formula is C12H17BrN2. The van der Waals surface area contributed by atoms with Crippen LogP contribution in [0.25, 0.3) is 0 Å². The van der Waals surface area contributed by atoms with Crippen molar-refractivity contribution < 1.29 is 0 Å². The average Bonchev–Trinajstić information content (AvgIpc) is 2.72. The van der Waals surface area contributed by atoms with Crippen LogP contribution in [0.5, 0.6) is 0 Å². The van der Waals surface area contributed by atoms with Crippen molar-refractivity contribution in [1.29, 1.82) is 0 Å². The van der Waals surface area contributed by atoms with Crippen LogP contribution in [-0.2, 0) is 0 Å². The lowest BCUT2D eigenvalue weighted by atomic mass is 9.93. The molecule has 0 aliphatic heterocycles. The third-order valence-electron chi connectivity index (χ3n) is 3.27. The number of nitrogens with zero attached hydrogens (tertiary/aromatic N) is 1. The number of halogens is 1. The van der Waals surface area contributed by atoms with Gasteiger partial charge in [0.05, 0.1) is 0 Å². The Balaban J connectivity index is 2.18. The summed E-state index contributed by atoms with van der Waals surface area (Å²) in [5.74, 6) is 0.783. The molecule has 2 nitrogen and oxygen atoms in total. The van der Waals surface area contributed by atoms with E-state index in [-0.39, 0.29) is 0 Å². The van der Waals surface area contributed by atoms with E-state index in [0.717, 1.165) is 10.4 Å². The predicted molar refractivity (Wildman–Crippen MR) is 65.7 cm³/mol. The van der Waals surface area contributed by atoms with E-state index < -0.39 is 0 Å². The van der Waals surface area contributed by atoms with Gasteiger partial charge >= 0.3 is 0 Å². The van der Waals surface area contributed by atoms with Crippen LogP contribution in [0.2, 0.25) is 0 Å². The summed E-state index contributed by atoms with van der Waals surface area (Å²) >= 11 is 3.48. The van der Waals surface area contributed by atoms with Crippen molar-refractivity contribution >= 4 is 15.9 Å². The minimum atomic E-state index is 0.470. The van der Waals surface area contributed by atoms with Gasteiger partial charge < -0.3 is 5.32 Å². The molecule has 0 radical (unpaired) electrons. The third kappa shape index (κ3) is 2.58. The van der Waals surface area contributed by atoms with E-state index in [4.69, 9.17) is 0 Å². The molecule has 1 saturated carbocycles. The number of pyridine rings is 1. The Kier molecular flexibility index (Phi) is 3.76. The van der Waals surface area contributed by atoms with Crippen LogP contribution >= 0.6 is 15.9 Å². The fourth-order valence-electron chi connectivity index (χ4n) is 2.56. The van der Waals surface area contributed by atoms with Crippen molar-refractivity contribution in [2.24, 2.45) is 5.92 Å². The molecule has 1 aromatic rings. The third-order valence-corrected chi connectivity index (χ3v) is 3.70. The van der Waals surface area contributed by atoms with E-state index in [2.05, 4.69) is 32.3 Å². The fourth-order valence-corrected chi connectivity index (χ4v) is 2.95. The first-order valence-corrected chi connectivity index (χ1v) is 6.38. The minimum Gasteiger partial charge on any atom is -0.313 e. The Labute approximate surface area is 99.6 Å². The lowest BCUT2D eigenvalue weighted by Gasteiger charge is -2.23. The highest BCUT2D eigenvalue weighted by atomic mass is 79.9. The highest BCUT2D eigenvalue weighted by Crippen LogP contribution is 2.35. The molecule has 1 aromatic heterocycles. The van der Waals surface area contributed by atoms with E-state index in [1.54, 1.807) is 0 Å². The zero-order valence-electron chi connectivity index (χ0n) is 9.04. The Hall–Kier alpha value is -0.410. The summed E-state index contributed by atoms with van der Waals surface area (Å²) in [4.78, 5) is 4.24. The van der Waals surface area contributed by atoms with E-state index in [9.17, 15) is 0 Å². The SMILES string of the molecule is CNC(c1cncc(Br)c1)C1CCCC1. The maximum atomic E-state index is 4.24. The molecule has 1 aliphatic rings. The van der Waals surface area contributed by atoms with Crippen LogP contribution in [0.15, 0.2) is 22.9 Å².